The molecule has 28 heavy (non-hydrogen) atoms. The van der Waals surface area contributed by atoms with Crippen LogP contribution in [0.3, 0.4) is 0 Å². The molecule has 0 amide bonds. The molecule has 0 aromatic carbocycles. The van der Waals surface area contributed by atoms with Gasteiger partial charge in [-0.25, -0.2) is 4.79 Å². The molecular formula is C16H24ClN9O2. The first kappa shape index (κ1) is 20.1. The smallest absolute Gasteiger partial charge is 0.336 e. The molecule has 4 rings (SSSR count). The number of imidazole rings is 1. The number of nitrogens with one attached hydrogen (secondary N) is 2. The second-order valence-electron chi connectivity index (χ2n) is 6.92. The van der Waals surface area contributed by atoms with Crippen molar-refractivity contribution in [3.63, 3.8) is 0 Å². The molecule has 1 fully saturated rings. The number of fused-ring (bicyclic) bond motifs is 3. The second-order valence-corrected chi connectivity index (χ2v) is 6.92. The molecule has 0 aliphatic carbocycles. The van der Waals surface area contributed by atoms with E-state index in [1.54, 1.807) is 11.4 Å². The highest BCUT2D eigenvalue weighted by Gasteiger charge is 2.24. The van der Waals surface area contributed by atoms with Crippen molar-refractivity contribution in [3.05, 3.63) is 20.8 Å². The Hall–Kier alpha value is -2.66. The molecule has 0 unspecified atom stereocenters. The van der Waals surface area contributed by atoms with Crippen molar-refractivity contribution < 1.29 is 16.8 Å². The van der Waals surface area contributed by atoms with Crippen molar-refractivity contribution in [2.45, 2.75) is 19.3 Å². The molecule has 12 heteroatoms. The lowest BCUT2D eigenvalue weighted by atomic mass is 10.1. The van der Waals surface area contributed by atoms with Gasteiger partial charge in [0.2, 0.25) is 5.52 Å². The number of nitrogens with zero attached hydrogens (tertiary/aromatic N) is 6. The van der Waals surface area contributed by atoms with E-state index in [1.807, 2.05) is 0 Å². The minimum Gasteiger partial charge on any atom is -1.00 e. The summed E-state index contributed by atoms with van der Waals surface area (Å²) in [7, 11) is 3.05. The number of aryl methyl sites for hydroxylation is 1. The molecule has 3 aromatic heterocycles. The first-order valence-electron chi connectivity index (χ1n) is 9.10. The Bertz CT molecular complexity index is 1130. The van der Waals surface area contributed by atoms with Crippen molar-refractivity contribution >= 4 is 28.8 Å². The number of aromatic amines is 1. The number of H-pyrrole nitrogens is 1. The summed E-state index contributed by atoms with van der Waals surface area (Å²) in [5.74, 6) is 0.872. The van der Waals surface area contributed by atoms with Crippen molar-refractivity contribution in [2.24, 2.45) is 14.1 Å². The fourth-order valence-corrected chi connectivity index (χ4v) is 3.64. The summed E-state index contributed by atoms with van der Waals surface area (Å²) < 4.78 is 4.03. The average Bonchev–Trinajstić information content (AvgIpc) is 3.05. The maximum atomic E-state index is 12.7. The maximum absolute atomic E-state index is 12.7. The van der Waals surface area contributed by atoms with Crippen LogP contribution in [0.2, 0.25) is 0 Å². The van der Waals surface area contributed by atoms with Gasteiger partial charge in [-0.15, -0.1) is 0 Å². The predicted octanol–water partition coefficient (Wildman–Crippen LogP) is -4.42. The zero-order valence-corrected chi connectivity index (χ0v) is 16.7. The lowest BCUT2D eigenvalue weighted by molar-refractivity contribution is -0.471. The summed E-state index contributed by atoms with van der Waals surface area (Å²) in [6, 6.07) is 0. The molecule has 0 saturated carbocycles. The standard InChI is InChI=1S/C16H23N9O2.ClH/c1-22-11-10(12(26)23(2)16(22)27)25-14(20-13(17)21-15(25)19-11)18-6-9-24-7-4-3-5-8-24;/h3-9H2,1-2H3,(H3,17,18,19,20,21,26);1H. The van der Waals surface area contributed by atoms with Gasteiger partial charge < -0.3 is 28.4 Å². The SMILES string of the molecule is Cn1c(=O)c2c([nH]c3nc(N)nc(NCCN4CCCCC4)[n+]32)n(C)c1=O.[Cl-]. The van der Waals surface area contributed by atoms with Gasteiger partial charge in [-0.05, 0) is 25.9 Å². The lowest BCUT2D eigenvalue weighted by Crippen LogP contribution is -3.00. The fourth-order valence-electron chi connectivity index (χ4n) is 3.64. The zero-order chi connectivity index (χ0) is 19.1. The third-order valence-electron chi connectivity index (χ3n) is 5.12. The van der Waals surface area contributed by atoms with Crippen LogP contribution in [0.25, 0.3) is 16.9 Å². The quantitative estimate of drug-likeness (QED) is 0.371. The van der Waals surface area contributed by atoms with Crippen LogP contribution in [0.1, 0.15) is 19.3 Å². The fraction of sp³-hybridized carbons (Fsp3) is 0.562. The number of piperidine rings is 1. The Balaban J connectivity index is 0.00000225. The summed E-state index contributed by atoms with van der Waals surface area (Å²) in [6.45, 7) is 3.75. The van der Waals surface area contributed by atoms with Crippen molar-refractivity contribution in [1.29, 1.82) is 0 Å². The molecule has 4 heterocycles. The van der Waals surface area contributed by atoms with Crippen LogP contribution in [0.4, 0.5) is 11.9 Å². The van der Waals surface area contributed by atoms with Crippen LogP contribution in [-0.4, -0.2) is 55.2 Å². The maximum Gasteiger partial charge on any atom is 0.336 e. The van der Waals surface area contributed by atoms with Gasteiger partial charge in [0.15, 0.2) is 5.65 Å². The Morgan fingerprint density at radius 2 is 1.86 bits per heavy atom. The summed E-state index contributed by atoms with van der Waals surface area (Å²) in [5.41, 5.74) is 5.68. The second kappa shape index (κ2) is 7.76. The van der Waals surface area contributed by atoms with Crippen LogP contribution in [0.15, 0.2) is 9.59 Å². The molecule has 1 aliphatic heterocycles. The van der Waals surface area contributed by atoms with Gasteiger partial charge in [0.1, 0.15) is 0 Å². The monoisotopic (exact) mass is 409 g/mol. The number of rotatable bonds is 4. The number of hydrogen-bond donors (Lipinski definition) is 3. The Labute approximate surface area is 166 Å². The largest absolute Gasteiger partial charge is 1.00 e. The molecule has 3 aromatic rings. The minimum absolute atomic E-state index is 0. The van der Waals surface area contributed by atoms with E-state index in [-0.39, 0.29) is 18.4 Å². The first-order valence-corrected chi connectivity index (χ1v) is 9.10. The first-order chi connectivity index (χ1) is 13.0. The van der Waals surface area contributed by atoms with Gasteiger partial charge in [0, 0.05) is 20.6 Å². The van der Waals surface area contributed by atoms with Crippen LogP contribution >= 0.6 is 0 Å². The van der Waals surface area contributed by atoms with E-state index < -0.39 is 11.2 Å². The molecule has 0 bridgehead atoms. The van der Waals surface area contributed by atoms with Gasteiger partial charge in [0.25, 0.3) is 5.56 Å². The number of aromatic nitrogens is 6. The van der Waals surface area contributed by atoms with E-state index in [9.17, 15) is 9.59 Å². The van der Waals surface area contributed by atoms with E-state index in [0.29, 0.717) is 29.4 Å². The molecule has 0 radical (unpaired) electrons. The van der Waals surface area contributed by atoms with E-state index in [0.717, 1.165) is 24.2 Å². The van der Waals surface area contributed by atoms with Crippen molar-refractivity contribution in [2.75, 3.05) is 37.2 Å². The van der Waals surface area contributed by atoms with Gasteiger partial charge in [0.05, 0.1) is 6.54 Å². The highest BCUT2D eigenvalue weighted by Crippen LogP contribution is 2.10. The lowest BCUT2D eigenvalue weighted by Gasteiger charge is -2.25. The van der Waals surface area contributed by atoms with E-state index in [1.165, 1.54) is 30.9 Å². The molecule has 0 atom stereocenters. The van der Waals surface area contributed by atoms with Crippen LogP contribution in [0, 0.1) is 0 Å². The summed E-state index contributed by atoms with van der Waals surface area (Å²) in [4.78, 5) is 38.8. The number of anilines is 2. The molecule has 4 N–H and O–H groups in total. The van der Waals surface area contributed by atoms with E-state index in [4.69, 9.17) is 5.73 Å². The van der Waals surface area contributed by atoms with Gasteiger partial charge >= 0.3 is 23.4 Å². The number of halogens is 1. The van der Waals surface area contributed by atoms with Crippen LogP contribution in [0.5, 0.6) is 0 Å². The minimum atomic E-state index is -0.420. The highest BCUT2D eigenvalue weighted by atomic mass is 35.5. The summed E-state index contributed by atoms with van der Waals surface area (Å²) in [6.07, 6.45) is 3.75. The van der Waals surface area contributed by atoms with Gasteiger partial charge in [-0.2, -0.15) is 4.40 Å². The van der Waals surface area contributed by atoms with E-state index >= 15 is 0 Å². The Morgan fingerprint density at radius 3 is 2.57 bits per heavy atom. The molecule has 1 saturated heterocycles. The van der Waals surface area contributed by atoms with Crippen molar-refractivity contribution in [3.8, 4) is 0 Å². The number of nitrogen functional groups attached to an aromatic ring is 1. The average molecular weight is 410 g/mol. The van der Waals surface area contributed by atoms with Gasteiger partial charge in [-0.3, -0.25) is 18.9 Å². The predicted molar refractivity (Wildman–Crippen MR) is 101 cm³/mol. The third-order valence-corrected chi connectivity index (χ3v) is 5.12. The van der Waals surface area contributed by atoms with Crippen molar-refractivity contribution in [1.82, 2.24) is 29.0 Å². The molecule has 11 nitrogen and oxygen atoms in total. The molecular weight excluding hydrogens is 386 g/mol. The summed E-state index contributed by atoms with van der Waals surface area (Å²) in [5, 5.41) is 3.27. The number of hydrogen-bond acceptors (Lipinski definition) is 7. The Morgan fingerprint density at radius 1 is 1.14 bits per heavy atom. The molecule has 1 aliphatic rings. The summed E-state index contributed by atoms with van der Waals surface area (Å²) >= 11 is 0. The van der Waals surface area contributed by atoms with Crippen LogP contribution < -0.4 is 39.1 Å². The number of nitrogens with two attached hydrogens (primary N) is 1. The number of likely N-dealkylation sites (tertiary alicyclic amines) is 1. The Kier molecular flexibility index (Phi) is 5.57. The van der Waals surface area contributed by atoms with Gasteiger partial charge in [-0.1, -0.05) is 16.4 Å². The van der Waals surface area contributed by atoms with E-state index in [2.05, 4.69) is 25.2 Å². The topological polar surface area (TPSA) is 131 Å². The molecule has 152 valence electrons. The highest BCUT2D eigenvalue weighted by molar-refractivity contribution is 5.69. The molecule has 0 spiro atoms. The van der Waals surface area contributed by atoms with Crippen LogP contribution in [-0.2, 0) is 14.1 Å². The zero-order valence-electron chi connectivity index (χ0n) is 15.9. The third kappa shape index (κ3) is 3.31. The normalized spacial score (nSPS) is 15.1.